The number of anilines is 3. The van der Waals surface area contributed by atoms with Gasteiger partial charge in [-0.1, -0.05) is 6.07 Å². The maximum absolute atomic E-state index is 10.1. The molecule has 0 aliphatic rings. The van der Waals surface area contributed by atoms with E-state index in [1.165, 1.54) is 0 Å². The van der Waals surface area contributed by atoms with E-state index in [0.717, 1.165) is 39.3 Å². The van der Waals surface area contributed by atoms with Crippen LogP contribution in [0.25, 0.3) is 0 Å². The van der Waals surface area contributed by atoms with Crippen LogP contribution in [0, 0.1) is 27.7 Å². The second kappa shape index (κ2) is 8.79. The number of phenols is 3. The third-order valence-corrected chi connectivity index (χ3v) is 5.64. The molecule has 0 aromatic heterocycles. The van der Waals surface area contributed by atoms with E-state index in [-0.39, 0.29) is 17.2 Å². The maximum Gasteiger partial charge on any atom is 0.134 e. The van der Waals surface area contributed by atoms with E-state index in [0.29, 0.717) is 11.5 Å². The Bertz CT molecular complexity index is 1280. The highest BCUT2D eigenvalue weighted by Gasteiger charge is 2.18. The lowest BCUT2D eigenvalue weighted by molar-refractivity contribution is 0.450. The Morgan fingerprint density at radius 3 is 1.79 bits per heavy atom. The third-order valence-electron chi connectivity index (χ3n) is 5.64. The largest absolute Gasteiger partial charge is 0.508 e. The summed E-state index contributed by atoms with van der Waals surface area (Å²) >= 11 is 0. The average Bonchev–Trinajstić information content (AvgIpc) is 2.75. The molecule has 0 radical (unpaired) electrons. The zero-order valence-electron chi connectivity index (χ0n) is 19.1. The number of ether oxygens (including phenoxy) is 1. The van der Waals surface area contributed by atoms with Crippen molar-refractivity contribution in [1.29, 1.82) is 0 Å². The van der Waals surface area contributed by atoms with Crippen LogP contribution >= 0.6 is 0 Å². The van der Waals surface area contributed by atoms with Crippen molar-refractivity contribution < 1.29 is 20.1 Å². The molecule has 4 aromatic rings. The monoisotopic (exact) mass is 441 g/mol. The smallest absolute Gasteiger partial charge is 0.134 e. The van der Waals surface area contributed by atoms with Crippen LogP contribution in [0.1, 0.15) is 22.3 Å². The number of benzene rings is 4. The molecular formula is C28H27NO4. The fourth-order valence-corrected chi connectivity index (χ4v) is 3.93. The van der Waals surface area contributed by atoms with Gasteiger partial charge in [-0.05, 0) is 105 Å². The highest BCUT2D eigenvalue weighted by Crippen LogP contribution is 2.41. The summed E-state index contributed by atoms with van der Waals surface area (Å²) in [4.78, 5) is 2.07. The van der Waals surface area contributed by atoms with Crippen molar-refractivity contribution in [1.82, 2.24) is 0 Å². The maximum atomic E-state index is 10.1. The van der Waals surface area contributed by atoms with Crippen LogP contribution < -0.4 is 9.64 Å². The lowest BCUT2D eigenvalue weighted by Crippen LogP contribution is -2.12. The molecule has 4 rings (SSSR count). The zero-order valence-corrected chi connectivity index (χ0v) is 19.1. The van der Waals surface area contributed by atoms with E-state index in [4.69, 9.17) is 4.74 Å². The van der Waals surface area contributed by atoms with Crippen LogP contribution in [0.5, 0.6) is 28.7 Å². The minimum absolute atomic E-state index is 0.188. The van der Waals surface area contributed by atoms with E-state index in [2.05, 4.69) is 4.90 Å². The lowest BCUT2D eigenvalue weighted by atomic mass is 10.1. The molecule has 168 valence electrons. The second-order valence-electron chi connectivity index (χ2n) is 8.28. The second-order valence-corrected chi connectivity index (χ2v) is 8.28. The van der Waals surface area contributed by atoms with Gasteiger partial charge in [0.15, 0.2) is 0 Å². The Morgan fingerprint density at radius 2 is 1.21 bits per heavy atom. The summed E-state index contributed by atoms with van der Waals surface area (Å²) in [5.41, 5.74) is 6.15. The van der Waals surface area contributed by atoms with Gasteiger partial charge in [0.2, 0.25) is 0 Å². The summed E-state index contributed by atoms with van der Waals surface area (Å²) in [6, 6.07) is 21.7. The molecule has 5 heteroatoms. The molecule has 0 saturated heterocycles. The van der Waals surface area contributed by atoms with Crippen LogP contribution in [0.2, 0.25) is 0 Å². The number of nitrogens with zero attached hydrogens (tertiary/aromatic N) is 1. The molecule has 0 unspecified atom stereocenters. The normalized spacial score (nSPS) is 10.8. The minimum atomic E-state index is 0.188. The molecular weight excluding hydrogens is 414 g/mol. The van der Waals surface area contributed by atoms with Gasteiger partial charge in [-0.15, -0.1) is 0 Å². The van der Waals surface area contributed by atoms with Crippen LogP contribution in [0.3, 0.4) is 0 Å². The predicted molar refractivity (Wildman–Crippen MR) is 132 cm³/mol. The molecule has 0 fully saturated rings. The Kier molecular flexibility index (Phi) is 5.88. The first-order chi connectivity index (χ1) is 15.7. The van der Waals surface area contributed by atoms with Gasteiger partial charge in [0, 0.05) is 29.2 Å². The molecule has 0 amide bonds. The SMILES string of the molecule is Cc1cc(C)c(Oc2cccc(N(c3ccc(O)cc3C)c3ccc(O)cc3C)c2)cc1O. The Labute approximate surface area is 193 Å². The molecule has 0 aliphatic carbocycles. The van der Waals surface area contributed by atoms with Crippen molar-refractivity contribution >= 4 is 17.1 Å². The molecule has 4 aromatic carbocycles. The molecule has 5 nitrogen and oxygen atoms in total. The van der Waals surface area contributed by atoms with Crippen LogP contribution in [-0.2, 0) is 0 Å². The van der Waals surface area contributed by atoms with E-state index in [1.54, 1.807) is 30.3 Å². The first kappa shape index (κ1) is 22.1. The summed E-state index contributed by atoms with van der Waals surface area (Å²) < 4.78 is 6.14. The van der Waals surface area contributed by atoms with Gasteiger partial charge in [0.25, 0.3) is 0 Å². The molecule has 0 saturated carbocycles. The summed E-state index contributed by atoms with van der Waals surface area (Å²) in [5.74, 6) is 1.80. The van der Waals surface area contributed by atoms with Crippen molar-refractivity contribution in [2.75, 3.05) is 4.90 Å². The fourth-order valence-electron chi connectivity index (χ4n) is 3.93. The quantitative estimate of drug-likeness (QED) is 0.303. The summed E-state index contributed by atoms with van der Waals surface area (Å²) in [6.45, 7) is 7.68. The number of aromatic hydroxyl groups is 3. The van der Waals surface area contributed by atoms with Crippen molar-refractivity contribution in [2.24, 2.45) is 0 Å². The van der Waals surface area contributed by atoms with Crippen molar-refractivity contribution in [3.63, 3.8) is 0 Å². The van der Waals surface area contributed by atoms with Gasteiger partial charge in [0.05, 0.1) is 0 Å². The van der Waals surface area contributed by atoms with Gasteiger partial charge in [-0.2, -0.15) is 0 Å². The molecule has 33 heavy (non-hydrogen) atoms. The van der Waals surface area contributed by atoms with E-state index in [9.17, 15) is 15.3 Å². The zero-order chi connectivity index (χ0) is 23.7. The molecule has 0 heterocycles. The first-order valence-corrected chi connectivity index (χ1v) is 10.7. The number of aryl methyl sites for hydroxylation is 4. The Balaban J connectivity index is 1.82. The highest BCUT2D eigenvalue weighted by molar-refractivity contribution is 5.81. The molecule has 3 N–H and O–H groups in total. The Hall–Kier alpha value is -4.12. The van der Waals surface area contributed by atoms with Gasteiger partial charge in [-0.25, -0.2) is 0 Å². The Morgan fingerprint density at radius 1 is 0.606 bits per heavy atom. The first-order valence-electron chi connectivity index (χ1n) is 10.7. The lowest BCUT2D eigenvalue weighted by Gasteiger charge is -2.29. The van der Waals surface area contributed by atoms with Crippen molar-refractivity contribution in [3.05, 3.63) is 95.1 Å². The van der Waals surface area contributed by atoms with Crippen molar-refractivity contribution in [2.45, 2.75) is 27.7 Å². The van der Waals surface area contributed by atoms with Gasteiger partial charge in [0.1, 0.15) is 28.7 Å². The third kappa shape index (κ3) is 4.58. The van der Waals surface area contributed by atoms with E-state index < -0.39 is 0 Å². The molecule has 0 bridgehead atoms. The molecule has 0 atom stereocenters. The molecule has 0 spiro atoms. The fraction of sp³-hybridized carbons (Fsp3) is 0.143. The van der Waals surface area contributed by atoms with Crippen molar-refractivity contribution in [3.8, 4) is 28.7 Å². The van der Waals surface area contributed by atoms with Crippen LogP contribution in [0.15, 0.2) is 72.8 Å². The number of phenolic OH excluding ortho intramolecular Hbond substituents is 3. The topological polar surface area (TPSA) is 73.2 Å². The number of hydrogen-bond donors (Lipinski definition) is 3. The number of rotatable bonds is 5. The number of hydrogen-bond acceptors (Lipinski definition) is 5. The summed E-state index contributed by atoms with van der Waals surface area (Å²) in [5, 5.41) is 30.0. The van der Waals surface area contributed by atoms with Crippen LogP contribution in [-0.4, -0.2) is 15.3 Å². The van der Waals surface area contributed by atoms with E-state index in [1.807, 2.05) is 70.2 Å². The predicted octanol–water partition coefficient (Wildman–Crippen LogP) is 7.30. The molecule has 0 aliphatic heterocycles. The summed E-state index contributed by atoms with van der Waals surface area (Å²) in [7, 11) is 0. The van der Waals surface area contributed by atoms with E-state index >= 15 is 0 Å². The van der Waals surface area contributed by atoms with Gasteiger partial charge in [-0.3, -0.25) is 0 Å². The summed E-state index contributed by atoms with van der Waals surface area (Å²) in [6.07, 6.45) is 0. The van der Waals surface area contributed by atoms with Gasteiger partial charge >= 0.3 is 0 Å². The van der Waals surface area contributed by atoms with Gasteiger partial charge < -0.3 is 25.0 Å². The standard InChI is InChI=1S/C28H27NO4/c1-17-13-22(30)8-10-25(17)29(26-11-9-23(31)14-18(26)2)21-6-5-7-24(15-21)33-28-16-27(32)19(3)12-20(28)4/h5-16,30-32H,1-4H3. The minimum Gasteiger partial charge on any atom is -0.508 e. The van der Waals surface area contributed by atoms with Crippen LogP contribution in [0.4, 0.5) is 17.1 Å². The average molecular weight is 442 g/mol. The highest BCUT2D eigenvalue weighted by atomic mass is 16.5.